The Bertz CT molecular complexity index is 1030. The molecule has 0 radical (unpaired) electrons. The predicted molar refractivity (Wildman–Crippen MR) is 113 cm³/mol. The molecule has 4 heterocycles. The zero-order valence-electron chi connectivity index (χ0n) is 16.6. The summed E-state index contributed by atoms with van der Waals surface area (Å²) < 4.78 is 2.66. The van der Waals surface area contributed by atoms with Crippen molar-refractivity contribution in [1.29, 1.82) is 0 Å². The quantitative estimate of drug-likeness (QED) is 0.598. The molecule has 3 aromatic rings. The van der Waals surface area contributed by atoms with Crippen LogP contribution in [0.3, 0.4) is 0 Å². The molecular weight excluding hydrogens is 388 g/mol. The number of aromatic nitrogens is 4. The fraction of sp³-hybridized carbons (Fsp3) is 0.500. The SMILES string of the molecule is C[C@H]1CCCCN1CCCNC(=O)Cn1ncn2nc(-c3cccs3)cc2c1=O. The Hall–Kier alpha value is -2.52. The van der Waals surface area contributed by atoms with E-state index < -0.39 is 0 Å². The van der Waals surface area contributed by atoms with Crippen LogP contribution in [0.4, 0.5) is 0 Å². The van der Waals surface area contributed by atoms with Gasteiger partial charge in [-0.15, -0.1) is 11.3 Å². The molecule has 0 unspecified atom stereocenters. The zero-order chi connectivity index (χ0) is 20.2. The summed E-state index contributed by atoms with van der Waals surface area (Å²) in [6.07, 6.45) is 6.21. The average molecular weight is 415 g/mol. The number of nitrogens with one attached hydrogen (secondary N) is 1. The molecule has 1 N–H and O–H groups in total. The van der Waals surface area contributed by atoms with Crippen molar-refractivity contribution in [2.24, 2.45) is 0 Å². The van der Waals surface area contributed by atoms with Crippen LogP contribution in [0.5, 0.6) is 0 Å². The number of thiophene rings is 1. The normalized spacial score (nSPS) is 17.6. The summed E-state index contributed by atoms with van der Waals surface area (Å²) >= 11 is 1.56. The molecule has 3 aromatic heterocycles. The first-order valence-electron chi connectivity index (χ1n) is 10.1. The van der Waals surface area contributed by atoms with Gasteiger partial charge in [-0.1, -0.05) is 12.5 Å². The minimum atomic E-state index is -0.319. The van der Waals surface area contributed by atoms with Crippen LogP contribution in [0.15, 0.2) is 34.7 Å². The highest BCUT2D eigenvalue weighted by molar-refractivity contribution is 7.13. The Kier molecular flexibility index (Phi) is 6.05. The molecule has 154 valence electrons. The molecule has 4 rings (SSSR count). The Balaban J connectivity index is 1.33. The number of rotatable bonds is 7. The first-order valence-corrected chi connectivity index (χ1v) is 11.0. The number of likely N-dealkylation sites (tertiary alicyclic amines) is 1. The molecule has 8 nitrogen and oxygen atoms in total. The Labute approximate surface area is 173 Å². The number of carbonyl (C=O) groups excluding carboxylic acids is 1. The van der Waals surface area contributed by atoms with Gasteiger partial charge in [-0.05, 0) is 50.2 Å². The molecule has 0 bridgehead atoms. The maximum absolute atomic E-state index is 12.7. The van der Waals surface area contributed by atoms with E-state index >= 15 is 0 Å². The van der Waals surface area contributed by atoms with Gasteiger partial charge in [0.2, 0.25) is 5.91 Å². The monoisotopic (exact) mass is 414 g/mol. The fourth-order valence-electron chi connectivity index (χ4n) is 3.79. The minimum absolute atomic E-state index is 0.0883. The van der Waals surface area contributed by atoms with E-state index in [4.69, 9.17) is 0 Å². The number of piperidine rings is 1. The van der Waals surface area contributed by atoms with Gasteiger partial charge in [-0.25, -0.2) is 9.20 Å². The fourth-order valence-corrected chi connectivity index (χ4v) is 4.47. The standard InChI is InChI=1S/C20H26N6O2S/c1-15-6-2-3-9-24(15)10-5-8-21-19(27)13-25-20(28)17-12-16(18-7-4-11-29-18)23-26(17)14-22-25/h4,7,11-12,14-15H,2-3,5-6,8-10,13H2,1H3,(H,21,27)/t15-/m0/s1. The summed E-state index contributed by atoms with van der Waals surface area (Å²) in [4.78, 5) is 28.4. The van der Waals surface area contributed by atoms with Crippen molar-refractivity contribution in [3.8, 4) is 10.6 Å². The molecule has 0 spiro atoms. The van der Waals surface area contributed by atoms with Gasteiger partial charge >= 0.3 is 0 Å². The molecule has 1 atom stereocenters. The number of nitrogens with zero attached hydrogens (tertiary/aromatic N) is 5. The lowest BCUT2D eigenvalue weighted by molar-refractivity contribution is -0.121. The molecular formula is C20H26N6O2S. The minimum Gasteiger partial charge on any atom is -0.354 e. The third-order valence-electron chi connectivity index (χ3n) is 5.44. The largest absolute Gasteiger partial charge is 0.354 e. The van der Waals surface area contributed by atoms with Crippen LogP contribution in [0.25, 0.3) is 16.1 Å². The molecule has 1 aliphatic heterocycles. The molecule has 1 saturated heterocycles. The number of fused-ring (bicyclic) bond motifs is 1. The third-order valence-corrected chi connectivity index (χ3v) is 6.33. The Morgan fingerprint density at radius 2 is 2.28 bits per heavy atom. The van der Waals surface area contributed by atoms with E-state index in [1.807, 2.05) is 17.5 Å². The average Bonchev–Trinajstić information content (AvgIpc) is 3.38. The van der Waals surface area contributed by atoms with Gasteiger partial charge in [-0.3, -0.25) is 9.59 Å². The molecule has 29 heavy (non-hydrogen) atoms. The van der Waals surface area contributed by atoms with Gasteiger partial charge in [0.25, 0.3) is 5.56 Å². The van der Waals surface area contributed by atoms with Crippen LogP contribution >= 0.6 is 11.3 Å². The van der Waals surface area contributed by atoms with Crippen molar-refractivity contribution in [1.82, 2.24) is 29.6 Å². The lowest BCUT2D eigenvalue weighted by Gasteiger charge is -2.33. The second kappa shape index (κ2) is 8.87. The first-order chi connectivity index (χ1) is 14.1. The molecule has 0 aliphatic carbocycles. The van der Waals surface area contributed by atoms with E-state index in [0.29, 0.717) is 18.1 Å². The molecule has 0 saturated carbocycles. The molecule has 1 amide bonds. The maximum atomic E-state index is 12.7. The summed E-state index contributed by atoms with van der Waals surface area (Å²) in [5, 5.41) is 13.4. The van der Waals surface area contributed by atoms with Gasteiger partial charge in [-0.2, -0.15) is 10.2 Å². The number of amides is 1. The summed E-state index contributed by atoms with van der Waals surface area (Å²) in [5.41, 5.74) is 0.823. The van der Waals surface area contributed by atoms with Crippen molar-refractivity contribution < 1.29 is 4.79 Å². The summed E-state index contributed by atoms with van der Waals surface area (Å²) in [6, 6.07) is 6.26. The van der Waals surface area contributed by atoms with Crippen LogP contribution in [-0.2, 0) is 11.3 Å². The van der Waals surface area contributed by atoms with Crippen LogP contribution < -0.4 is 10.9 Å². The van der Waals surface area contributed by atoms with Crippen LogP contribution in [0.2, 0.25) is 0 Å². The second-order valence-electron chi connectivity index (χ2n) is 7.51. The van der Waals surface area contributed by atoms with Gasteiger partial charge in [0, 0.05) is 19.1 Å². The smallest absolute Gasteiger partial charge is 0.293 e. The number of hydrogen-bond donors (Lipinski definition) is 1. The maximum Gasteiger partial charge on any atom is 0.293 e. The van der Waals surface area contributed by atoms with E-state index in [1.165, 1.54) is 34.8 Å². The van der Waals surface area contributed by atoms with E-state index in [2.05, 4.69) is 27.3 Å². The summed E-state index contributed by atoms with van der Waals surface area (Å²) in [5.74, 6) is -0.200. The number of carbonyl (C=O) groups is 1. The lowest BCUT2D eigenvalue weighted by Crippen LogP contribution is -2.40. The van der Waals surface area contributed by atoms with Crippen LogP contribution in [-0.4, -0.2) is 55.9 Å². The highest BCUT2D eigenvalue weighted by atomic mass is 32.1. The van der Waals surface area contributed by atoms with Gasteiger partial charge in [0.15, 0.2) is 0 Å². The first kappa shape index (κ1) is 19.8. The van der Waals surface area contributed by atoms with Gasteiger partial charge < -0.3 is 10.2 Å². The molecule has 9 heteroatoms. The second-order valence-corrected chi connectivity index (χ2v) is 8.46. The molecule has 1 aliphatic rings. The van der Waals surface area contributed by atoms with Crippen molar-refractivity contribution in [2.45, 2.75) is 45.2 Å². The van der Waals surface area contributed by atoms with E-state index in [1.54, 1.807) is 17.4 Å². The Morgan fingerprint density at radius 1 is 1.38 bits per heavy atom. The lowest BCUT2D eigenvalue weighted by atomic mass is 10.0. The van der Waals surface area contributed by atoms with Crippen molar-refractivity contribution in [2.75, 3.05) is 19.6 Å². The van der Waals surface area contributed by atoms with E-state index in [9.17, 15) is 9.59 Å². The molecule has 1 fully saturated rings. The zero-order valence-corrected chi connectivity index (χ0v) is 17.4. The predicted octanol–water partition coefficient (Wildman–Crippen LogP) is 2.00. The highest BCUT2D eigenvalue weighted by Gasteiger charge is 2.17. The van der Waals surface area contributed by atoms with Crippen LogP contribution in [0, 0.1) is 0 Å². The highest BCUT2D eigenvalue weighted by Crippen LogP contribution is 2.23. The van der Waals surface area contributed by atoms with Crippen LogP contribution in [0.1, 0.15) is 32.6 Å². The van der Waals surface area contributed by atoms with Crippen molar-refractivity contribution in [3.63, 3.8) is 0 Å². The van der Waals surface area contributed by atoms with E-state index in [-0.39, 0.29) is 18.0 Å². The van der Waals surface area contributed by atoms with Crippen molar-refractivity contribution in [3.05, 3.63) is 40.3 Å². The Morgan fingerprint density at radius 3 is 3.07 bits per heavy atom. The van der Waals surface area contributed by atoms with E-state index in [0.717, 1.165) is 30.1 Å². The number of hydrogen-bond acceptors (Lipinski definition) is 6. The summed E-state index contributed by atoms with van der Waals surface area (Å²) in [7, 11) is 0. The van der Waals surface area contributed by atoms with Gasteiger partial charge in [0.1, 0.15) is 24.1 Å². The topological polar surface area (TPSA) is 84.5 Å². The molecule has 0 aromatic carbocycles. The summed E-state index contributed by atoms with van der Waals surface area (Å²) in [6.45, 7) is 4.93. The van der Waals surface area contributed by atoms with Crippen molar-refractivity contribution >= 4 is 22.8 Å². The third kappa shape index (κ3) is 4.56. The van der Waals surface area contributed by atoms with Gasteiger partial charge in [0.05, 0.1) is 4.88 Å².